The van der Waals surface area contributed by atoms with Gasteiger partial charge in [0.15, 0.2) is 0 Å². The van der Waals surface area contributed by atoms with Crippen LogP contribution < -0.4 is 10.6 Å². The first kappa shape index (κ1) is 13.1. The van der Waals surface area contributed by atoms with Crippen molar-refractivity contribution in [3.05, 3.63) is 35.4 Å². The number of hydrogen-bond acceptors (Lipinski definition) is 3. The van der Waals surface area contributed by atoms with Crippen molar-refractivity contribution < 1.29 is 14.3 Å². The van der Waals surface area contributed by atoms with Gasteiger partial charge in [-0.2, -0.15) is 0 Å². The van der Waals surface area contributed by atoms with Crippen molar-refractivity contribution in [3.63, 3.8) is 0 Å². The van der Waals surface area contributed by atoms with Crippen molar-refractivity contribution in [1.29, 1.82) is 0 Å². The molecule has 2 fully saturated rings. The third kappa shape index (κ3) is 1.98. The molecule has 106 valence electrons. The van der Waals surface area contributed by atoms with Crippen LogP contribution >= 0.6 is 0 Å². The fraction of sp³-hybridized carbons (Fsp3) is 0.467. The second-order valence-corrected chi connectivity index (χ2v) is 5.47. The molecule has 1 aromatic carbocycles. The summed E-state index contributed by atoms with van der Waals surface area (Å²) in [5.41, 5.74) is 1.02. The third-order valence-electron chi connectivity index (χ3n) is 4.24. The summed E-state index contributed by atoms with van der Waals surface area (Å²) >= 11 is 0. The minimum atomic E-state index is -0.950. The standard InChI is InChI=1S/C15H18N2O3/c1-10-2-4-11(5-3-10)15(12-6-8-20-9-7-12)13(18)16-14(19)17-15/h2-5,12H,6-9H2,1H3,(H2,16,17,18,19). The third-order valence-corrected chi connectivity index (χ3v) is 4.24. The Morgan fingerprint density at radius 2 is 1.80 bits per heavy atom. The summed E-state index contributed by atoms with van der Waals surface area (Å²) in [6, 6.07) is 7.37. The monoisotopic (exact) mass is 274 g/mol. The lowest BCUT2D eigenvalue weighted by Crippen LogP contribution is -2.51. The zero-order valence-corrected chi connectivity index (χ0v) is 11.4. The Labute approximate surface area is 117 Å². The molecule has 5 nitrogen and oxygen atoms in total. The van der Waals surface area contributed by atoms with E-state index in [1.54, 1.807) is 0 Å². The highest BCUT2D eigenvalue weighted by Crippen LogP contribution is 2.38. The molecule has 0 spiro atoms. The quantitative estimate of drug-likeness (QED) is 0.802. The van der Waals surface area contributed by atoms with E-state index in [2.05, 4.69) is 10.6 Å². The van der Waals surface area contributed by atoms with Gasteiger partial charge < -0.3 is 10.1 Å². The van der Waals surface area contributed by atoms with E-state index >= 15 is 0 Å². The molecule has 1 atom stereocenters. The fourth-order valence-electron chi connectivity index (χ4n) is 3.14. The van der Waals surface area contributed by atoms with E-state index in [-0.39, 0.29) is 11.8 Å². The molecule has 2 saturated heterocycles. The van der Waals surface area contributed by atoms with Crippen LogP contribution in [0.2, 0.25) is 0 Å². The molecule has 0 aliphatic carbocycles. The van der Waals surface area contributed by atoms with E-state index in [4.69, 9.17) is 4.74 Å². The zero-order valence-electron chi connectivity index (χ0n) is 11.4. The predicted octanol–water partition coefficient (Wildman–Crippen LogP) is 1.46. The number of carbonyl (C=O) groups excluding carboxylic acids is 2. The van der Waals surface area contributed by atoms with Crippen LogP contribution in [0.25, 0.3) is 0 Å². The molecule has 0 saturated carbocycles. The lowest BCUT2D eigenvalue weighted by Gasteiger charge is -2.37. The Bertz CT molecular complexity index is 535. The van der Waals surface area contributed by atoms with Crippen LogP contribution in [-0.4, -0.2) is 25.2 Å². The molecular formula is C15H18N2O3. The maximum Gasteiger partial charge on any atom is 0.322 e. The normalized spacial score (nSPS) is 27.2. The van der Waals surface area contributed by atoms with E-state index in [0.29, 0.717) is 13.2 Å². The number of imide groups is 1. The zero-order chi connectivity index (χ0) is 14.2. The molecule has 5 heteroatoms. The number of aryl methyl sites for hydroxylation is 1. The number of hydrogen-bond donors (Lipinski definition) is 2. The smallest absolute Gasteiger partial charge is 0.322 e. The first-order valence-corrected chi connectivity index (χ1v) is 6.91. The van der Waals surface area contributed by atoms with Gasteiger partial charge in [0.05, 0.1) is 0 Å². The summed E-state index contributed by atoms with van der Waals surface area (Å²) in [5, 5.41) is 5.26. The first-order chi connectivity index (χ1) is 9.63. The average Bonchev–Trinajstić information content (AvgIpc) is 2.76. The van der Waals surface area contributed by atoms with E-state index in [1.165, 1.54) is 0 Å². The summed E-state index contributed by atoms with van der Waals surface area (Å²) in [5.74, 6) is -0.191. The van der Waals surface area contributed by atoms with Crippen LogP contribution in [0.1, 0.15) is 24.0 Å². The van der Waals surface area contributed by atoms with Gasteiger partial charge >= 0.3 is 6.03 Å². The summed E-state index contributed by atoms with van der Waals surface area (Å²) in [4.78, 5) is 24.1. The fourth-order valence-corrected chi connectivity index (χ4v) is 3.14. The van der Waals surface area contributed by atoms with Gasteiger partial charge in [-0.05, 0) is 31.2 Å². The second kappa shape index (κ2) is 4.90. The predicted molar refractivity (Wildman–Crippen MR) is 73.1 cm³/mol. The molecule has 0 radical (unpaired) electrons. The van der Waals surface area contributed by atoms with Crippen LogP contribution in [0.3, 0.4) is 0 Å². The van der Waals surface area contributed by atoms with E-state index in [9.17, 15) is 9.59 Å². The van der Waals surface area contributed by atoms with Crippen LogP contribution in [0.4, 0.5) is 4.79 Å². The molecule has 1 aromatic rings. The largest absolute Gasteiger partial charge is 0.381 e. The van der Waals surface area contributed by atoms with Crippen LogP contribution in [0.15, 0.2) is 24.3 Å². The lowest BCUT2D eigenvalue weighted by atomic mass is 9.74. The maximum absolute atomic E-state index is 12.5. The van der Waals surface area contributed by atoms with E-state index in [1.807, 2.05) is 31.2 Å². The number of urea groups is 1. The van der Waals surface area contributed by atoms with Gasteiger partial charge in [0, 0.05) is 13.2 Å². The number of nitrogens with one attached hydrogen (secondary N) is 2. The summed E-state index contributed by atoms with van der Waals surface area (Å²) < 4.78 is 5.38. The Morgan fingerprint density at radius 1 is 1.15 bits per heavy atom. The molecular weight excluding hydrogens is 256 g/mol. The van der Waals surface area contributed by atoms with E-state index in [0.717, 1.165) is 24.0 Å². The van der Waals surface area contributed by atoms with Crippen LogP contribution in [0, 0.1) is 12.8 Å². The van der Waals surface area contributed by atoms with Gasteiger partial charge in [0.2, 0.25) is 0 Å². The Balaban J connectivity index is 2.05. The van der Waals surface area contributed by atoms with Crippen LogP contribution in [0.5, 0.6) is 0 Å². The number of ether oxygens (including phenoxy) is 1. The number of carbonyl (C=O) groups is 2. The number of amides is 3. The Hall–Kier alpha value is -1.88. The molecule has 20 heavy (non-hydrogen) atoms. The molecule has 0 bridgehead atoms. The van der Waals surface area contributed by atoms with Crippen molar-refractivity contribution in [1.82, 2.24) is 10.6 Å². The maximum atomic E-state index is 12.5. The lowest BCUT2D eigenvalue weighted by molar-refractivity contribution is -0.127. The topological polar surface area (TPSA) is 67.4 Å². The SMILES string of the molecule is Cc1ccc(C2(C3CCOCC3)NC(=O)NC2=O)cc1. The van der Waals surface area contributed by atoms with Crippen molar-refractivity contribution in [3.8, 4) is 0 Å². The minimum absolute atomic E-state index is 0.0606. The Kier molecular flexibility index (Phi) is 3.22. The minimum Gasteiger partial charge on any atom is -0.381 e. The number of rotatable bonds is 2. The van der Waals surface area contributed by atoms with Gasteiger partial charge in [-0.25, -0.2) is 4.79 Å². The average molecular weight is 274 g/mol. The second-order valence-electron chi connectivity index (χ2n) is 5.47. The van der Waals surface area contributed by atoms with Gasteiger partial charge in [0.25, 0.3) is 5.91 Å². The molecule has 0 aromatic heterocycles. The molecule has 3 rings (SSSR count). The van der Waals surface area contributed by atoms with Gasteiger partial charge in [-0.3, -0.25) is 10.1 Å². The summed E-state index contributed by atoms with van der Waals surface area (Å²) in [7, 11) is 0. The molecule has 3 amide bonds. The summed E-state index contributed by atoms with van der Waals surface area (Å²) in [6.45, 7) is 3.25. The van der Waals surface area contributed by atoms with E-state index < -0.39 is 11.6 Å². The van der Waals surface area contributed by atoms with Crippen molar-refractivity contribution >= 4 is 11.9 Å². The Morgan fingerprint density at radius 3 is 2.35 bits per heavy atom. The highest BCUT2D eigenvalue weighted by molar-refractivity contribution is 6.07. The van der Waals surface area contributed by atoms with Gasteiger partial charge in [-0.1, -0.05) is 29.8 Å². The molecule has 1 unspecified atom stereocenters. The van der Waals surface area contributed by atoms with Crippen molar-refractivity contribution in [2.45, 2.75) is 25.3 Å². The van der Waals surface area contributed by atoms with Gasteiger partial charge in [0.1, 0.15) is 5.54 Å². The number of benzene rings is 1. The van der Waals surface area contributed by atoms with Crippen molar-refractivity contribution in [2.75, 3.05) is 13.2 Å². The van der Waals surface area contributed by atoms with Gasteiger partial charge in [-0.15, -0.1) is 0 Å². The highest BCUT2D eigenvalue weighted by Gasteiger charge is 2.53. The van der Waals surface area contributed by atoms with Crippen LogP contribution in [-0.2, 0) is 15.1 Å². The molecule has 2 aliphatic rings. The molecule has 2 N–H and O–H groups in total. The summed E-state index contributed by atoms with van der Waals surface area (Å²) in [6.07, 6.45) is 1.53. The first-order valence-electron chi connectivity index (χ1n) is 6.91. The molecule has 2 aliphatic heterocycles. The highest BCUT2D eigenvalue weighted by atomic mass is 16.5. The molecule has 2 heterocycles. The van der Waals surface area contributed by atoms with Crippen molar-refractivity contribution in [2.24, 2.45) is 5.92 Å².